The van der Waals surface area contributed by atoms with Gasteiger partial charge in [-0.2, -0.15) is 0 Å². The lowest BCUT2D eigenvalue weighted by atomic mass is 9.86. The van der Waals surface area contributed by atoms with Crippen LogP contribution in [-0.4, -0.2) is 24.2 Å². The second kappa shape index (κ2) is 4.80. The van der Waals surface area contributed by atoms with E-state index >= 15 is 0 Å². The molecule has 0 bridgehead atoms. The van der Waals surface area contributed by atoms with Gasteiger partial charge in [0.2, 0.25) is 0 Å². The van der Waals surface area contributed by atoms with Crippen LogP contribution < -0.4 is 11.1 Å². The van der Waals surface area contributed by atoms with Crippen LogP contribution in [0, 0.1) is 0 Å². The van der Waals surface area contributed by atoms with Crippen molar-refractivity contribution in [2.45, 2.75) is 18.4 Å². The summed E-state index contributed by atoms with van der Waals surface area (Å²) in [5.41, 5.74) is 6.81. The fraction of sp³-hybridized carbons (Fsp3) is 0.455. The monoisotopic (exact) mass is 260 g/mol. The summed E-state index contributed by atoms with van der Waals surface area (Å²) in [4.78, 5) is 0. The Labute approximate surface area is 105 Å². The minimum absolute atomic E-state index is 0.00288. The Morgan fingerprint density at radius 3 is 2.69 bits per heavy atom. The Morgan fingerprint density at radius 2 is 2.00 bits per heavy atom. The molecule has 4 N–H and O–H groups in total. The summed E-state index contributed by atoms with van der Waals surface area (Å²) in [6.45, 7) is 1.66. The first kappa shape index (κ1) is 12.0. The molecule has 1 heterocycles. The van der Waals surface area contributed by atoms with E-state index in [1.807, 2.05) is 0 Å². The molecule has 5 heteroatoms. The van der Waals surface area contributed by atoms with Gasteiger partial charge in [0.15, 0.2) is 0 Å². The first-order valence-electron chi connectivity index (χ1n) is 5.24. The van der Waals surface area contributed by atoms with E-state index in [0.29, 0.717) is 10.0 Å². The second-order valence-electron chi connectivity index (χ2n) is 4.09. The van der Waals surface area contributed by atoms with Gasteiger partial charge in [0.25, 0.3) is 0 Å². The van der Waals surface area contributed by atoms with Gasteiger partial charge in [0, 0.05) is 30.1 Å². The number of phenolic OH excluding ortho intramolecular Hbond substituents is 1. The summed E-state index contributed by atoms with van der Waals surface area (Å²) in [5, 5.41) is 13.9. The fourth-order valence-electron chi connectivity index (χ4n) is 2.12. The van der Waals surface area contributed by atoms with E-state index < -0.39 is 0 Å². The van der Waals surface area contributed by atoms with E-state index in [2.05, 4.69) is 5.32 Å². The average molecular weight is 261 g/mol. The standard InChI is InChI=1S/C11H14Cl2N2O/c12-8-3-7(11(16)4-9(8)13)6-1-2-15-5-10(6)14/h3-4,6,10,15-16H,1-2,5,14H2. The van der Waals surface area contributed by atoms with Gasteiger partial charge in [-0.3, -0.25) is 0 Å². The molecule has 0 amide bonds. The highest BCUT2D eigenvalue weighted by Gasteiger charge is 2.26. The molecule has 1 aromatic carbocycles. The SMILES string of the molecule is NC1CNCCC1c1cc(Cl)c(Cl)cc1O. The lowest BCUT2D eigenvalue weighted by molar-refractivity contribution is 0.385. The van der Waals surface area contributed by atoms with Crippen molar-refractivity contribution in [3.8, 4) is 5.75 Å². The normalized spacial score (nSPS) is 25.7. The van der Waals surface area contributed by atoms with E-state index in [1.165, 1.54) is 6.07 Å². The topological polar surface area (TPSA) is 58.3 Å². The predicted molar refractivity (Wildman–Crippen MR) is 66.3 cm³/mol. The number of hydrogen-bond donors (Lipinski definition) is 3. The van der Waals surface area contributed by atoms with Crippen molar-refractivity contribution in [3.63, 3.8) is 0 Å². The summed E-state index contributed by atoms with van der Waals surface area (Å²) in [7, 11) is 0. The number of aromatic hydroxyl groups is 1. The molecule has 1 fully saturated rings. The number of halogens is 2. The molecule has 3 nitrogen and oxygen atoms in total. The number of benzene rings is 1. The molecule has 0 aromatic heterocycles. The van der Waals surface area contributed by atoms with Crippen LogP contribution >= 0.6 is 23.2 Å². The minimum Gasteiger partial charge on any atom is -0.508 e. The third-order valence-electron chi connectivity index (χ3n) is 3.00. The maximum Gasteiger partial charge on any atom is 0.120 e. The van der Waals surface area contributed by atoms with Crippen LogP contribution in [0.4, 0.5) is 0 Å². The Hall–Kier alpha value is -0.480. The van der Waals surface area contributed by atoms with Crippen LogP contribution in [0.5, 0.6) is 5.75 Å². The van der Waals surface area contributed by atoms with Gasteiger partial charge < -0.3 is 16.2 Å². The molecule has 1 aromatic rings. The first-order chi connectivity index (χ1) is 7.59. The minimum atomic E-state index is -0.00288. The Morgan fingerprint density at radius 1 is 1.31 bits per heavy atom. The lowest BCUT2D eigenvalue weighted by Crippen LogP contribution is -2.44. The zero-order chi connectivity index (χ0) is 11.7. The maximum atomic E-state index is 9.87. The van der Waals surface area contributed by atoms with E-state index in [-0.39, 0.29) is 17.7 Å². The van der Waals surface area contributed by atoms with Crippen LogP contribution in [0.2, 0.25) is 10.0 Å². The molecule has 2 atom stereocenters. The average Bonchev–Trinajstić information content (AvgIpc) is 2.25. The zero-order valence-corrected chi connectivity index (χ0v) is 10.2. The number of rotatable bonds is 1. The van der Waals surface area contributed by atoms with Gasteiger partial charge in [0.1, 0.15) is 5.75 Å². The summed E-state index contributed by atoms with van der Waals surface area (Å²) < 4.78 is 0. The molecule has 1 aliphatic heterocycles. The number of nitrogens with one attached hydrogen (secondary N) is 1. The summed E-state index contributed by atoms with van der Waals surface area (Å²) in [6, 6.07) is 3.19. The van der Waals surface area contributed by atoms with Gasteiger partial charge in [-0.1, -0.05) is 23.2 Å². The number of hydrogen-bond acceptors (Lipinski definition) is 3. The van der Waals surface area contributed by atoms with Crippen molar-refractivity contribution in [2.24, 2.45) is 5.73 Å². The Bertz CT molecular complexity index is 398. The Kier molecular flexibility index (Phi) is 3.60. The smallest absolute Gasteiger partial charge is 0.120 e. The van der Waals surface area contributed by atoms with Crippen molar-refractivity contribution in [2.75, 3.05) is 13.1 Å². The van der Waals surface area contributed by atoms with Gasteiger partial charge in [-0.25, -0.2) is 0 Å². The lowest BCUT2D eigenvalue weighted by Gasteiger charge is -2.30. The molecule has 0 aliphatic carbocycles. The van der Waals surface area contributed by atoms with Crippen molar-refractivity contribution in [1.29, 1.82) is 0 Å². The quantitative estimate of drug-likeness (QED) is 0.725. The highest BCUT2D eigenvalue weighted by atomic mass is 35.5. The van der Waals surface area contributed by atoms with Crippen molar-refractivity contribution in [1.82, 2.24) is 5.32 Å². The highest BCUT2D eigenvalue weighted by Crippen LogP contribution is 2.37. The number of piperidine rings is 1. The Balaban J connectivity index is 2.35. The van der Waals surface area contributed by atoms with Crippen LogP contribution in [0.25, 0.3) is 0 Å². The second-order valence-corrected chi connectivity index (χ2v) is 4.90. The molecule has 16 heavy (non-hydrogen) atoms. The highest BCUT2D eigenvalue weighted by molar-refractivity contribution is 6.42. The molecule has 0 radical (unpaired) electrons. The van der Waals surface area contributed by atoms with E-state index in [4.69, 9.17) is 28.9 Å². The third-order valence-corrected chi connectivity index (χ3v) is 3.72. The maximum absolute atomic E-state index is 9.87. The van der Waals surface area contributed by atoms with Gasteiger partial charge >= 0.3 is 0 Å². The molecular weight excluding hydrogens is 247 g/mol. The third kappa shape index (κ3) is 2.28. The van der Waals surface area contributed by atoms with Crippen LogP contribution in [-0.2, 0) is 0 Å². The fourth-order valence-corrected chi connectivity index (χ4v) is 2.45. The molecule has 0 spiro atoms. The number of phenols is 1. The van der Waals surface area contributed by atoms with E-state index in [0.717, 1.165) is 25.1 Å². The molecule has 1 aliphatic rings. The van der Waals surface area contributed by atoms with Crippen molar-refractivity contribution >= 4 is 23.2 Å². The van der Waals surface area contributed by atoms with Gasteiger partial charge in [-0.05, 0) is 19.0 Å². The summed E-state index contributed by atoms with van der Waals surface area (Å²) in [5.74, 6) is 0.313. The first-order valence-corrected chi connectivity index (χ1v) is 5.99. The predicted octanol–water partition coefficient (Wildman–Crippen LogP) is 2.10. The van der Waals surface area contributed by atoms with E-state index in [1.54, 1.807) is 6.07 Å². The molecule has 2 rings (SSSR count). The molecular formula is C11H14Cl2N2O. The van der Waals surface area contributed by atoms with Crippen molar-refractivity contribution in [3.05, 3.63) is 27.7 Å². The van der Waals surface area contributed by atoms with Crippen molar-refractivity contribution < 1.29 is 5.11 Å². The number of nitrogens with two attached hydrogens (primary N) is 1. The van der Waals surface area contributed by atoms with Crippen LogP contribution in [0.1, 0.15) is 17.9 Å². The molecule has 2 unspecified atom stereocenters. The van der Waals surface area contributed by atoms with Crippen LogP contribution in [0.3, 0.4) is 0 Å². The molecule has 88 valence electrons. The molecule has 0 saturated carbocycles. The van der Waals surface area contributed by atoms with Crippen LogP contribution in [0.15, 0.2) is 12.1 Å². The van der Waals surface area contributed by atoms with Gasteiger partial charge in [-0.15, -0.1) is 0 Å². The summed E-state index contributed by atoms with van der Waals surface area (Å²) >= 11 is 11.8. The van der Waals surface area contributed by atoms with Gasteiger partial charge in [0.05, 0.1) is 10.0 Å². The molecule has 1 saturated heterocycles. The largest absolute Gasteiger partial charge is 0.508 e. The van der Waals surface area contributed by atoms with E-state index in [9.17, 15) is 5.11 Å². The zero-order valence-electron chi connectivity index (χ0n) is 8.71. The summed E-state index contributed by atoms with van der Waals surface area (Å²) in [6.07, 6.45) is 0.896.